The molecule has 0 fully saturated rings. The van der Waals surface area contributed by atoms with E-state index in [0.29, 0.717) is 13.1 Å². The summed E-state index contributed by atoms with van der Waals surface area (Å²) in [6.45, 7) is 12.4. The summed E-state index contributed by atoms with van der Waals surface area (Å²) in [4.78, 5) is 16.2. The number of likely N-dealkylation sites (N-methyl/N-ethyl adjacent to an activating group) is 2. The lowest BCUT2D eigenvalue weighted by molar-refractivity contribution is -0.134. The average Bonchev–Trinajstić information content (AvgIpc) is 2.38. The maximum Gasteiger partial charge on any atom is 0.236 e. The van der Waals surface area contributed by atoms with E-state index in [1.807, 2.05) is 20.9 Å². The van der Waals surface area contributed by atoms with Gasteiger partial charge in [-0.2, -0.15) is 0 Å². The quantitative estimate of drug-likeness (QED) is 0.720. The Hall–Kier alpha value is -0.610. The number of carbonyl (C=O) groups excluding carboxylic acids is 1. The molecule has 1 amide bonds. The molecule has 0 saturated heterocycles. The Bertz CT molecular complexity index is 241. The van der Waals surface area contributed by atoms with E-state index >= 15 is 0 Å². The van der Waals surface area contributed by atoms with E-state index in [9.17, 15) is 4.79 Å². The van der Waals surface area contributed by atoms with E-state index in [4.69, 9.17) is 5.73 Å². The Morgan fingerprint density at radius 2 is 1.72 bits per heavy atom. The molecule has 0 radical (unpaired) electrons. The summed E-state index contributed by atoms with van der Waals surface area (Å²) >= 11 is 0. The SMILES string of the molecule is CCN(CC(=O)N(C)C(C)C)C(CC)(CC)CN. The molecule has 0 bridgehead atoms. The van der Waals surface area contributed by atoms with Crippen LogP contribution in [0.3, 0.4) is 0 Å². The van der Waals surface area contributed by atoms with Crippen molar-refractivity contribution in [1.82, 2.24) is 9.80 Å². The van der Waals surface area contributed by atoms with Crippen LogP contribution >= 0.6 is 0 Å². The molecule has 4 nitrogen and oxygen atoms in total. The fraction of sp³-hybridized carbons (Fsp3) is 0.929. The maximum atomic E-state index is 12.2. The molecule has 0 aliphatic rings. The first-order valence-corrected chi connectivity index (χ1v) is 7.09. The van der Waals surface area contributed by atoms with E-state index in [1.54, 1.807) is 4.90 Å². The van der Waals surface area contributed by atoms with Crippen LogP contribution in [-0.4, -0.2) is 54.0 Å². The molecule has 0 aliphatic heterocycles. The van der Waals surface area contributed by atoms with Crippen LogP contribution in [0.5, 0.6) is 0 Å². The molecule has 0 heterocycles. The number of nitrogens with two attached hydrogens (primary N) is 1. The second kappa shape index (κ2) is 7.74. The van der Waals surface area contributed by atoms with Gasteiger partial charge in [0.05, 0.1) is 6.54 Å². The Morgan fingerprint density at radius 3 is 2.00 bits per heavy atom. The van der Waals surface area contributed by atoms with E-state index in [2.05, 4.69) is 25.7 Å². The summed E-state index contributed by atoms with van der Waals surface area (Å²) in [5, 5.41) is 0. The molecular weight excluding hydrogens is 226 g/mol. The minimum absolute atomic E-state index is 0.0395. The van der Waals surface area contributed by atoms with Crippen molar-refractivity contribution in [3.05, 3.63) is 0 Å². The average molecular weight is 257 g/mol. The normalized spacial score (nSPS) is 12.3. The van der Waals surface area contributed by atoms with Gasteiger partial charge >= 0.3 is 0 Å². The molecule has 0 atom stereocenters. The first-order valence-electron chi connectivity index (χ1n) is 7.09. The fourth-order valence-electron chi connectivity index (χ4n) is 2.29. The summed E-state index contributed by atoms with van der Waals surface area (Å²) in [6, 6.07) is 0.242. The lowest BCUT2D eigenvalue weighted by Crippen LogP contribution is -2.56. The molecule has 0 aromatic heterocycles. The first-order chi connectivity index (χ1) is 8.38. The predicted octanol–water partition coefficient (Wildman–Crippen LogP) is 1.69. The van der Waals surface area contributed by atoms with Gasteiger partial charge in [0.1, 0.15) is 0 Å². The first kappa shape index (κ1) is 17.4. The summed E-state index contributed by atoms with van der Waals surface area (Å²) in [5.41, 5.74) is 5.91. The van der Waals surface area contributed by atoms with Gasteiger partial charge in [-0.15, -0.1) is 0 Å². The van der Waals surface area contributed by atoms with Crippen LogP contribution in [0.15, 0.2) is 0 Å². The molecule has 18 heavy (non-hydrogen) atoms. The summed E-state index contributed by atoms with van der Waals surface area (Å²) in [6.07, 6.45) is 1.96. The highest BCUT2D eigenvalue weighted by atomic mass is 16.2. The van der Waals surface area contributed by atoms with E-state index in [0.717, 1.165) is 19.4 Å². The Kier molecular flexibility index (Phi) is 7.48. The molecule has 108 valence electrons. The van der Waals surface area contributed by atoms with Crippen molar-refractivity contribution in [1.29, 1.82) is 0 Å². The third-order valence-electron chi connectivity index (χ3n) is 4.24. The van der Waals surface area contributed by atoms with Gasteiger partial charge in [-0.25, -0.2) is 0 Å². The molecule has 0 aliphatic carbocycles. The third-order valence-corrected chi connectivity index (χ3v) is 4.24. The Labute approximate surface area is 113 Å². The van der Waals surface area contributed by atoms with Crippen LogP contribution in [0, 0.1) is 0 Å². The van der Waals surface area contributed by atoms with Gasteiger partial charge in [0.15, 0.2) is 0 Å². The van der Waals surface area contributed by atoms with Gasteiger partial charge in [-0.1, -0.05) is 20.8 Å². The van der Waals surface area contributed by atoms with Crippen LogP contribution in [-0.2, 0) is 4.79 Å². The zero-order valence-electron chi connectivity index (χ0n) is 13.0. The molecule has 0 spiro atoms. The van der Waals surface area contributed by atoms with Crippen LogP contribution in [0.2, 0.25) is 0 Å². The maximum absolute atomic E-state index is 12.2. The van der Waals surface area contributed by atoms with Crippen LogP contribution in [0.4, 0.5) is 0 Å². The predicted molar refractivity (Wildman–Crippen MR) is 77.5 cm³/mol. The largest absolute Gasteiger partial charge is 0.342 e. The number of carbonyl (C=O) groups is 1. The molecule has 0 aromatic rings. The Morgan fingerprint density at radius 1 is 1.22 bits per heavy atom. The van der Waals surface area contributed by atoms with Gasteiger partial charge in [0.25, 0.3) is 0 Å². The van der Waals surface area contributed by atoms with Gasteiger partial charge in [-0.05, 0) is 33.2 Å². The standard InChI is InChI=1S/C14H31N3O/c1-7-14(8-2,11-15)17(9-3)10-13(18)16(6)12(4)5/h12H,7-11,15H2,1-6H3. The van der Waals surface area contributed by atoms with Gasteiger partial charge < -0.3 is 10.6 Å². The molecule has 2 N–H and O–H groups in total. The smallest absolute Gasteiger partial charge is 0.236 e. The van der Waals surface area contributed by atoms with Crippen LogP contribution < -0.4 is 5.73 Å². The lowest BCUT2D eigenvalue weighted by Gasteiger charge is -2.42. The van der Waals surface area contributed by atoms with E-state index in [1.165, 1.54) is 0 Å². The number of rotatable bonds is 8. The van der Waals surface area contributed by atoms with Gasteiger partial charge in [0, 0.05) is 25.2 Å². The zero-order valence-corrected chi connectivity index (χ0v) is 13.0. The van der Waals surface area contributed by atoms with Crippen molar-refractivity contribution in [2.75, 3.05) is 26.7 Å². The minimum Gasteiger partial charge on any atom is -0.342 e. The molecular formula is C14H31N3O. The third kappa shape index (κ3) is 3.95. The lowest BCUT2D eigenvalue weighted by atomic mass is 9.90. The zero-order chi connectivity index (χ0) is 14.3. The van der Waals surface area contributed by atoms with Crippen molar-refractivity contribution < 1.29 is 4.79 Å². The highest BCUT2D eigenvalue weighted by molar-refractivity contribution is 5.78. The van der Waals surface area contributed by atoms with Crippen molar-refractivity contribution in [3.8, 4) is 0 Å². The summed E-state index contributed by atoms with van der Waals surface area (Å²) < 4.78 is 0. The van der Waals surface area contributed by atoms with Crippen molar-refractivity contribution in [3.63, 3.8) is 0 Å². The van der Waals surface area contributed by atoms with Gasteiger partial charge in [0.2, 0.25) is 5.91 Å². The number of hydrogen-bond acceptors (Lipinski definition) is 3. The minimum atomic E-state index is -0.0395. The van der Waals surface area contributed by atoms with Gasteiger partial charge in [-0.3, -0.25) is 9.69 Å². The molecule has 0 aromatic carbocycles. The second-order valence-electron chi connectivity index (χ2n) is 5.25. The topological polar surface area (TPSA) is 49.6 Å². The summed E-state index contributed by atoms with van der Waals surface area (Å²) in [5.74, 6) is 0.173. The molecule has 0 rings (SSSR count). The Balaban J connectivity index is 4.83. The second-order valence-corrected chi connectivity index (χ2v) is 5.25. The number of nitrogens with zero attached hydrogens (tertiary/aromatic N) is 2. The monoisotopic (exact) mass is 257 g/mol. The highest BCUT2D eigenvalue weighted by Gasteiger charge is 2.32. The van der Waals surface area contributed by atoms with E-state index < -0.39 is 0 Å². The van der Waals surface area contributed by atoms with Crippen LogP contribution in [0.25, 0.3) is 0 Å². The summed E-state index contributed by atoms with van der Waals surface area (Å²) in [7, 11) is 1.86. The van der Waals surface area contributed by atoms with Crippen molar-refractivity contribution >= 4 is 5.91 Å². The molecule has 0 saturated carbocycles. The number of amides is 1. The number of hydrogen-bond donors (Lipinski definition) is 1. The van der Waals surface area contributed by atoms with E-state index in [-0.39, 0.29) is 17.5 Å². The van der Waals surface area contributed by atoms with Crippen molar-refractivity contribution in [2.45, 2.75) is 59.0 Å². The van der Waals surface area contributed by atoms with Crippen molar-refractivity contribution in [2.24, 2.45) is 5.73 Å². The molecule has 4 heteroatoms. The highest BCUT2D eigenvalue weighted by Crippen LogP contribution is 2.22. The fourth-order valence-corrected chi connectivity index (χ4v) is 2.29. The van der Waals surface area contributed by atoms with Crippen LogP contribution in [0.1, 0.15) is 47.5 Å². The molecule has 0 unspecified atom stereocenters.